The second kappa shape index (κ2) is 6.59. The lowest BCUT2D eigenvalue weighted by Crippen LogP contribution is -2.04. The first kappa shape index (κ1) is 16.1. The lowest BCUT2D eigenvalue weighted by atomic mass is 9.84. The van der Waals surface area contributed by atoms with E-state index in [9.17, 15) is 0 Å². The molecule has 0 unspecified atom stereocenters. The van der Waals surface area contributed by atoms with E-state index in [1.165, 1.54) is 65.2 Å². The van der Waals surface area contributed by atoms with E-state index in [-0.39, 0.29) is 0 Å². The van der Waals surface area contributed by atoms with Crippen molar-refractivity contribution < 1.29 is 0 Å². The van der Waals surface area contributed by atoms with E-state index in [1.807, 2.05) is 0 Å². The molecule has 1 heterocycles. The molecule has 3 aromatic carbocycles. The smallest absolute Gasteiger partial charge is 0.0552 e. The summed E-state index contributed by atoms with van der Waals surface area (Å²) in [6.07, 6.45) is 6.82. The summed E-state index contributed by atoms with van der Waals surface area (Å²) in [7, 11) is 0. The fourth-order valence-electron chi connectivity index (χ4n) is 4.55. The molecule has 0 N–H and O–H groups in total. The van der Waals surface area contributed by atoms with Crippen LogP contribution in [0.5, 0.6) is 0 Å². The maximum atomic E-state index is 3.66. The van der Waals surface area contributed by atoms with Gasteiger partial charge in [-0.05, 0) is 54.7 Å². The predicted molar refractivity (Wildman–Crippen MR) is 114 cm³/mol. The zero-order valence-corrected chi connectivity index (χ0v) is 16.4. The number of para-hydroxylation sites is 1. The number of benzene rings is 3. The average Bonchev–Trinajstić information content (AvgIpc) is 3.02. The summed E-state index contributed by atoms with van der Waals surface area (Å²) in [5, 5.41) is 2.66. The Hall–Kier alpha value is -2.06. The first-order chi connectivity index (χ1) is 12.8. The minimum atomic E-state index is 0.724. The van der Waals surface area contributed by atoms with Gasteiger partial charge >= 0.3 is 0 Å². The van der Waals surface area contributed by atoms with E-state index in [1.54, 1.807) is 0 Å². The van der Waals surface area contributed by atoms with E-state index < -0.39 is 0 Å². The van der Waals surface area contributed by atoms with Crippen molar-refractivity contribution in [3.63, 3.8) is 0 Å². The molecule has 4 aromatic rings. The molecule has 1 saturated carbocycles. The topological polar surface area (TPSA) is 4.93 Å². The van der Waals surface area contributed by atoms with Crippen LogP contribution in [0.25, 0.3) is 27.5 Å². The fourth-order valence-corrected chi connectivity index (χ4v) is 4.90. The molecule has 26 heavy (non-hydrogen) atoms. The van der Waals surface area contributed by atoms with E-state index in [4.69, 9.17) is 0 Å². The summed E-state index contributed by atoms with van der Waals surface area (Å²) in [5.41, 5.74) is 5.33. The molecule has 130 valence electrons. The fraction of sp³-hybridized carbons (Fsp3) is 0.250. The number of halogens is 1. The Balaban J connectivity index is 1.80. The number of rotatable bonds is 2. The monoisotopic (exact) mass is 403 g/mol. The first-order valence-corrected chi connectivity index (χ1v) is 10.4. The second-order valence-electron chi connectivity index (χ2n) is 7.44. The standard InChI is InChI=1S/C24H22BrN/c25-19-12-14-22-21-13-11-18(17-7-3-1-4-8-17)15-23(21)26(24(22)16-19)20-9-5-2-6-10-20/h2,5-6,9-17H,1,3-4,7-8H2. The van der Waals surface area contributed by atoms with Crippen LogP contribution in [0.15, 0.2) is 71.2 Å². The van der Waals surface area contributed by atoms with Gasteiger partial charge in [0.1, 0.15) is 0 Å². The van der Waals surface area contributed by atoms with Crippen molar-refractivity contribution in [2.75, 3.05) is 0 Å². The van der Waals surface area contributed by atoms with Crippen molar-refractivity contribution in [2.45, 2.75) is 38.0 Å². The molecule has 0 bridgehead atoms. The van der Waals surface area contributed by atoms with Gasteiger partial charge in [-0.1, -0.05) is 71.6 Å². The second-order valence-corrected chi connectivity index (χ2v) is 8.36. The van der Waals surface area contributed by atoms with Crippen LogP contribution in [-0.2, 0) is 0 Å². The summed E-state index contributed by atoms with van der Waals surface area (Å²) in [5.74, 6) is 0.724. The Morgan fingerprint density at radius 2 is 1.42 bits per heavy atom. The van der Waals surface area contributed by atoms with Gasteiger partial charge in [0.25, 0.3) is 0 Å². The molecular formula is C24H22BrN. The Bertz CT molecular complexity index is 1070. The normalized spacial score (nSPS) is 15.7. The van der Waals surface area contributed by atoms with Crippen molar-refractivity contribution >= 4 is 37.7 Å². The van der Waals surface area contributed by atoms with Crippen molar-refractivity contribution in [1.82, 2.24) is 4.57 Å². The molecule has 0 saturated heterocycles. The average molecular weight is 404 g/mol. The molecule has 1 fully saturated rings. The van der Waals surface area contributed by atoms with Crippen LogP contribution in [0.4, 0.5) is 0 Å². The molecule has 0 atom stereocenters. The van der Waals surface area contributed by atoms with Gasteiger partial charge in [-0.3, -0.25) is 0 Å². The van der Waals surface area contributed by atoms with Gasteiger partial charge in [-0.2, -0.15) is 0 Å². The van der Waals surface area contributed by atoms with Crippen molar-refractivity contribution in [2.24, 2.45) is 0 Å². The third kappa shape index (κ3) is 2.68. The van der Waals surface area contributed by atoms with Gasteiger partial charge in [-0.25, -0.2) is 0 Å². The van der Waals surface area contributed by atoms with Crippen molar-refractivity contribution in [3.8, 4) is 5.69 Å². The van der Waals surface area contributed by atoms with Gasteiger partial charge in [0.2, 0.25) is 0 Å². The van der Waals surface area contributed by atoms with Crippen LogP contribution in [0.2, 0.25) is 0 Å². The minimum absolute atomic E-state index is 0.724. The van der Waals surface area contributed by atoms with Gasteiger partial charge in [-0.15, -0.1) is 0 Å². The molecular weight excluding hydrogens is 382 g/mol. The van der Waals surface area contributed by atoms with Gasteiger partial charge in [0.05, 0.1) is 11.0 Å². The number of hydrogen-bond donors (Lipinski definition) is 0. The lowest BCUT2D eigenvalue weighted by Gasteiger charge is -2.22. The molecule has 5 rings (SSSR count). The summed E-state index contributed by atoms with van der Waals surface area (Å²) >= 11 is 3.66. The molecule has 2 heteroatoms. The zero-order valence-electron chi connectivity index (χ0n) is 14.8. The van der Waals surface area contributed by atoms with E-state index in [0.29, 0.717) is 0 Å². The number of aromatic nitrogens is 1. The maximum absolute atomic E-state index is 3.66. The van der Waals surface area contributed by atoms with Crippen LogP contribution in [-0.4, -0.2) is 4.57 Å². The Morgan fingerprint density at radius 1 is 0.731 bits per heavy atom. The molecule has 1 aliphatic rings. The van der Waals surface area contributed by atoms with Crippen LogP contribution >= 0.6 is 15.9 Å². The van der Waals surface area contributed by atoms with Gasteiger partial charge in [0.15, 0.2) is 0 Å². The highest BCUT2D eigenvalue weighted by Crippen LogP contribution is 2.38. The summed E-state index contributed by atoms with van der Waals surface area (Å²) < 4.78 is 3.54. The van der Waals surface area contributed by atoms with Crippen LogP contribution in [0.3, 0.4) is 0 Å². The Kier molecular flexibility index (Phi) is 4.09. The summed E-state index contributed by atoms with van der Waals surface area (Å²) in [6, 6.07) is 24.5. The van der Waals surface area contributed by atoms with Gasteiger partial charge < -0.3 is 4.57 Å². The number of nitrogens with zero attached hydrogens (tertiary/aromatic N) is 1. The SMILES string of the molecule is Brc1ccc2c3ccc(C4CCCCC4)cc3n(-c3ccccc3)c2c1. The molecule has 1 aromatic heterocycles. The molecule has 0 radical (unpaired) electrons. The summed E-state index contributed by atoms with van der Waals surface area (Å²) in [4.78, 5) is 0. The number of hydrogen-bond acceptors (Lipinski definition) is 0. The third-order valence-electron chi connectivity index (χ3n) is 5.84. The zero-order chi connectivity index (χ0) is 17.5. The largest absolute Gasteiger partial charge is 0.309 e. The van der Waals surface area contributed by atoms with E-state index in [2.05, 4.69) is 87.2 Å². The van der Waals surface area contributed by atoms with E-state index in [0.717, 1.165) is 10.4 Å². The van der Waals surface area contributed by atoms with Crippen LogP contribution in [0, 0.1) is 0 Å². The van der Waals surface area contributed by atoms with Crippen molar-refractivity contribution in [1.29, 1.82) is 0 Å². The molecule has 1 nitrogen and oxygen atoms in total. The lowest BCUT2D eigenvalue weighted by molar-refractivity contribution is 0.444. The first-order valence-electron chi connectivity index (χ1n) is 9.60. The third-order valence-corrected chi connectivity index (χ3v) is 6.34. The Labute approximate surface area is 162 Å². The number of fused-ring (bicyclic) bond motifs is 3. The van der Waals surface area contributed by atoms with E-state index >= 15 is 0 Å². The van der Waals surface area contributed by atoms with Crippen LogP contribution < -0.4 is 0 Å². The highest BCUT2D eigenvalue weighted by atomic mass is 79.9. The molecule has 0 aliphatic heterocycles. The van der Waals surface area contributed by atoms with Crippen LogP contribution in [0.1, 0.15) is 43.6 Å². The highest BCUT2D eigenvalue weighted by molar-refractivity contribution is 9.10. The quantitative estimate of drug-likeness (QED) is 0.324. The van der Waals surface area contributed by atoms with Crippen molar-refractivity contribution in [3.05, 3.63) is 76.8 Å². The minimum Gasteiger partial charge on any atom is -0.309 e. The summed E-state index contributed by atoms with van der Waals surface area (Å²) in [6.45, 7) is 0. The molecule has 0 spiro atoms. The highest BCUT2D eigenvalue weighted by Gasteiger charge is 2.18. The molecule has 1 aliphatic carbocycles. The molecule has 0 amide bonds. The maximum Gasteiger partial charge on any atom is 0.0552 e. The van der Waals surface area contributed by atoms with Gasteiger partial charge in [0, 0.05) is 20.9 Å². The predicted octanol–water partition coefficient (Wildman–Crippen LogP) is 7.59. The Morgan fingerprint density at radius 3 is 2.19 bits per heavy atom.